The van der Waals surface area contributed by atoms with Gasteiger partial charge in [0.1, 0.15) is 5.60 Å². The normalized spacial score (nSPS) is 33.0. The maximum absolute atomic E-state index is 11.7. The van der Waals surface area contributed by atoms with E-state index in [9.17, 15) is 9.90 Å². The molecule has 0 spiro atoms. The summed E-state index contributed by atoms with van der Waals surface area (Å²) in [4.78, 5) is 14.0. The van der Waals surface area contributed by atoms with Crippen molar-refractivity contribution in [2.45, 2.75) is 63.8 Å². The largest absolute Gasteiger partial charge is 0.444 e. The molecule has 3 atom stereocenters. The predicted molar refractivity (Wildman–Crippen MR) is 68.4 cm³/mol. The Bertz CT molecular complexity index is 314. The fourth-order valence-corrected chi connectivity index (χ4v) is 2.84. The Morgan fingerprint density at radius 3 is 2.72 bits per heavy atom. The number of alkyl carbamates (subject to hydrolysis) is 1. The van der Waals surface area contributed by atoms with Gasteiger partial charge in [0, 0.05) is 25.2 Å². The molecule has 2 aliphatic heterocycles. The summed E-state index contributed by atoms with van der Waals surface area (Å²) < 4.78 is 5.25. The molecule has 0 radical (unpaired) electrons. The minimum Gasteiger partial charge on any atom is -0.444 e. The van der Waals surface area contributed by atoms with Crippen molar-refractivity contribution < 1.29 is 14.6 Å². The van der Waals surface area contributed by atoms with Crippen molar-refractivity contribution in [3.8, 4) is 0 Å². The highest BCUT2D eigenvalue weighted by Gasteiger charge is 2.38. The van der Waals surface area contributed by atoms with Crippen molar-refractivity contribution in [2.24, 2.45) is 0 Å². The van der Waals surface area contributed by atoms with Crippen LogP contribution in [0.5, 0.6) is 0 Å². The molecule has 2 heterocycles. The number of nitrogens with one attached hydrogen (secondary N) is 1. The van der Waals surface area contributed by atoms with Gasteiger partial charge in [0.25, 0.3) is 0 Å². The Balaban J connectivity index is 1.80. The molecule has 5 nitrogen and oxygen atoms in total. The molecule has 2 rings (SSSR count). The van der Waals surface area contributed by atoms with Crippen LogP contribution in [-0.4, -0.2) is 53.0 Å². The zero-order valence-electron chi connectivity index (χ0n) is 11.5. The number of amides is 1. The Kier molecular flexibility index (Phi) is 3.82. The van der Waals surface area contributed by atoms with Crippen LogP contribution in [0.15, 0.2) is 0 Å². The van der Waals surface area contributed by atoms with Crippen molar-refractivity contribution >= 4 is 6.09 Å². The second-order valence-electron chi connectivity index (χ2n) is 6.34. The number of aliphatic hydroxyl groups excluding tert-OH is 1. The number of fused-ring (bicyclic) bond motifs is 1. The molecule has 0 saturated carbocycles. The quantitative estimate of drug-likeness (QED) is 0.738. The van der Waals surface area contributed by atoms with Gasteiger partial charge >= 0.3 is 6.09 Å². The van der Waals surface area contributed by atoms with E-state index in [-0.39, 0.29) is 18.2 Å². The highest BCUT2D eigenvalue weighted by Crippen LogP contribution is 2.27. The number of ether oxygens (including phenoxy) is 1. The summed E-state index contributed by atoms with van der Waals surface area (Å²) >= 11 is 0. The first-order valence-corrected chi connectivity index (χ1v) is 6.77. The van der Waals surface area contributed by atoms with Gasteiger partial charge in [0.15, 0.2) is 0 Å². The van der Waals surface area contributed by atoms with Gasteiger partial charge in [-0.15, -0.1) is 0 Å². The maximum Gasteiger partial charge on any atom is 0.407 e. The van der Waals surface area contributed by atoms with Gasteiger partial charge in [-0.1, -0.05) is 0 Å². The van der Waals surface area contributed by atoms with Crippen LogP contribution in [0.1, 0.15) is 40.0 Å². The first-order chi connectivity index (χ1) is 8.35. The summed E-state index contributed by atoms with van der Waals surface area (Å²) in [5.41, 5.74) is -0.453. The van der Waals surface area contributed by atoms with Gasteiger partial charge < -0.3 is 15.2 Å². The molecule has 104 valence electrons. The van der Waals surface area contributed by atoms with E-state index in [0.717, 1.165) is 32.4 Å². The zero-order chi connectivity index (χ0) is 13.3. The second kappa shape index (κ2) is 5.05. The second-order valence-corrected chi connectivity index (χ2v) is 6.34. The first-order valence-electron chi connectivity index (χ1n) is 6.77. The smallest absolute Gasteiger partial charge is 0.407 e. The monoisotopic (exact) mass is 256 g/mol. The van der Waals surface area contributed by atoms with E-state index in [1.165, 1.54) is 0 Å². The third-order valence-corrected chi connectivity index (χ3v) is 3.61. The topological polar surface area (TPSA) is 61.8 Å². The Morgan fingerprint density at radius 1 is 1.33 bits per heavy atom. The Hall–Kier alpha value is -0.810. The standard InChI is InChI=1S/C13H24N2O3/c1-13(2,3)18-12(17)14-9-4-5-10-11(16)6-7-15(10)8-9/h9-11,16H,4-8H2,1-3H3,(H,14,17)/t9-,10+,11+/m1/s1. The van der Waals surface area contributed by atoms with Crippen LogP contribution in [0.4, 0.5) is 4.79 Å². The number of hydrogen-bond donors (Lipinski definition) is 2. The summed E-state index contributed by atoms with van der Waals surface area (Å²) in [6.07, 6.45) is 2.18. The van der Waals surface area contributed by atoms with E-state index in [1.54, 1.807) is 0 Å². The molecular weight excluding hydrogens is 232 g/mol. The van der Waals surface area contributed by atoms with Gasteiger partial charge in [-0.3, -0.25) is 4.90 Å². The highest BCUT2D eigenvalue weighted by atomic mass is 16.6. The van der Waals surface area contributed by atoms with Crippen molar-refractivity contribution in [3.63, 3.8) is 0 Å². The predicted octanol–water partition coefficient (Wildman–Crippen LogP) is 1.11. The summed E-state index contributed by atoms with van der Waals surface area (Å²) in [5.74, 6) is 0. The molecule has 2 aliphatic rings. The summed E-state index contributed by atoms with van der Waals surface area (Å²) in [5, 5.41) is 12.7. The number of hydrogen-bond acceptors (Lipinski definition) is 4. The highest BCUT2D eigenvalue weighted by molar-refractivity contribution is 5.68. The molecule has 18 heavy (non-hydrogen) atoms. The van der Waals surface area contributed by atoms with Crippen LogP contribution in [0.25, 0.3) is 0 Å². The Labute approximate surface area is 108 Å². The van der Waals surface area contributed by atoms with Crippen LogP contribution in [0.2, 0.25) is 0 Å². The fraction of sp³-hybridized carbons (Fsp3) is 0.923. The molecule has 2 fully saturated rings. The lowest BCUT2D eigenvalue weighted by Gasteiger charge is -2.36. The minimum atomic E-state index is -0.453. The van der Waals surface area contributed by atoms with E-state index >= 15 is 0 Å². The van der Waals surface area contributed by atoms with Crippen LogP contribution in [0.3, 0.4) is 0 Å². The molecule has 0 aromatic carbocycles. The summed E-state index contributed by atoms with van der Waals surface area (Å²) in [7, 11) is 0. The van der Waals surface area contributed by atoms with E-state index in [2.05, 4.69) is 10.2 Å². The number of carbonyl (C=O) groups excluding carboxylic acids is 1. The third kappa shape index (κ3) is 3.36. The number of nitrogens with zero attached hydrogens (tertiary/aromatic N) is 1. The summed E-state index contributed by atoms with van der Waals surface area (Å²) in [6, 6.07) is 0.433. The molecule has 5 heteroatoms. The average molecular weight is 256 g/mol. The van der Waals surface area contributed by atoms with Gasteiger partial charge in [-0.05, 0) is 40.0 Å². The van der Waals surface area contributed by atoms with Crippen LogP contribution in [-0.2, 0) is 4.74 Å². The van der Waals surface area contributed by atoms with Crippen LogP contribution in [0, 0.1) is 0 Å². The molecule has 2 saturated heterocycles. The Morgan fingerprint density at radius 2 is 2.06 bits per heavy atom. The summed E-state index contributed by atoms with van der Waals surface area (Å²) in [6.45, 7) is 7.33. The molecule has 0 bridgehead atoms. The first kappa shape index (κ1) is 13.6. The third-order valence-electron chi connectivity index (χ3n) is 3.61. The van der Waals surface area contributed by atoms with E-state index in [1.807, 2.05) is 20.8 Å². The van der Waals surface area contributed by atoms with E-state index < -0.39 is 5.60 Å². The van der Waals surface area contributed by atoms with Gasteiger partial charge in [-0.2, -0.15) is 0 Å². The number of piperidine rings is 1. The van der Waals surface area contributed by atoms with Gasteiger partial charge in [-0.25, -0.2) is 4.79 Å². The molecule has 1 amide bonds. The fourth-order valence-electron chi connectivity index (χ4n) is 2.84. The lowest BCUT2D eigenvalue weighted by Crippen LogP contribution is -2.52. The molecule has 0 unspecified atom stereocenters. The van der Waals surface area contributed by atoms with Gasteiger partial charge in [0.2, 0.25) is 0 Å². The minimum absolute atomic E-state index is 0.140. The SMILES string of the molecule is CC(C)(C)OC(=O)N[C@@H]1CC[C@H]2[C@@H](O)CCN2C1. The maximum atomic E-state index is 11.7. The number of rotatable bonds is 1. The van der Waals surface area contributed by atoms with Crippen molar-refractivity contribution in [1.29, 1.82) is 0 Å². The van der Waals surface area contributed by atoms with Crippen LogP contribution >= 0.6 is 0 Å². The van der Waals surface area contributed by atoms with Gasteiger partial charge in [0.05, 0.1) is 6.10 Å². The molecule has 0 aromatic heterocycles. The van der Waals surface area contributed by atoms with E-state index in [4.69, 9.17) is 4.74 Å². The molecule has 0 aliphatic carbocycles. The zero-order valence-corrected chi connectivity index (χ0v) is 11.5. The molecule has 2 N–H and O–H groups in total. The number of carbonyl (C=O) groups is 1. The van der Waals surface area contributed by atoms with Crippen LogP contribution < -0.4 is 5.32 Å². The lowest BCUT2D eigenvalue weighted by atomic mass is 9.97. The average Bonchev–Trinajstić information content (AvgIpc) is 2.57. The molecule has 0 aromatic rings. The van der Waals surface area contributed by atoms with Crippen molar-refractivity contribution in [2.75, 3.05) is 13.1 Å². The lowest BCUT2D eigenvalue weighted by molar-refractivity contribution is 0.0420. The van der Waals surface area contributed by atoms with Crippen molar-refractivity contribution in [1.82, 2.24) is 10.2 Å². The van der Waals surface area contributed by atoms with E-state index in [0.29, 0.717) is 6.04 Å². The molecular formula is C13H24N2O3. The number of aliphatic hydroxyl groups is 1. The van der Waals surface area contributed by atoms with Crippen molar-refractivity contribution in [3.05, 3.63) is 0 Å².